The quantitative estimate of drug-likeness (QED) is 0.683. The molecule has 3 N–H and O–H groups in total. The van der Waals surface area contributed by atoms with Crippen LogP contribution in [0.15, 0.2) is 16.7 Å². The highest BCUT2D eigenvalue weighted by molar-refractivity contribution is 5.93. The standard InChI is InChI=1S/C13H22N2O3.ClH/c1-2-3-6-17-7-4-5-15-13(16)11-8-12(9-14)18-10-11;/h8,10H,2-7,9,14H2,1H3,(H,15,16);1H. The van der Waals surface area contributed by atoms with Gasteiger partial charge in [0.2, 0.25) is 0 Å². The van der Waals surface area contributed by atoms with Gasteiger partial charge in [-0.3, -0.25) is 4.79 Å². The van der Waals surface area contributed by atoms with Gasteiger partial charge in [-0.2, -0.15) is 0 Å². The Kier molecular flexibility index (Phi) is 10.2. The maximum Gasteiger partial charge on any atom is 0.254 e. The van der Waals surface area contributed by atoms with Gasteiger partial charge in [-0.1, -0.05) is 13.3 Å². The minimum Gasteiger partial charge on any atom is -0.467 e. The van der Waals surface area contributed by atoms with Crippen molar-refractivity contribution in [1.82, 2.24) is 5.32 Å². The molecule has 5 nitrogen and oxygen atoms in total. The van der Waals surface area contributed by atoms with E-state index in [1.807, 2.05) is 0 Å². The molecule has 0 saturated carbocycles. The van der Waals surface area contributed by atoms with Gasteiger partial charge in [0.1, 0.15) is 12.0 Å². The van der Waals surface area contributed by atoms with Crippen molar-refractivity contribution in [2.75, 3.05) is 19.8 Å². The molecule has 0 fully saturated rings. The lowest BCUT2D eigenvalue weighted by Crippen LogP contribution is -2.24. The van der Waals surface area contributed by atoms with Crippen molar-refractivity contribution in [3.05, 3.63) is 23.7 Å². The van der Waals surface area contributed by atoms with Crippen LogP contribution in [0.25, 0.3) is 0 Å². The van der Waals surface area contributed by atoms with E-state index in [1.165, 1.54) is 6.26 Å². The van der Waals surface area contributed by atoms with E-state index in [0.717, 1.165) is 25.9 Å². The molecular formula is C13H23ClN2O3. The molecule has 1 rings (SSSR count). The Hall–Kier alpha value is -1.04. The first-order chi connectivity index (χ1) is 8.77. The van der Waals surface area contributed by atoms with Crippen molar-refractivity contribution in [3.8, 4) is 0 Å². The monoisotopic (exact) mass is 290 g/mol. The van der Waals surface area contributed by atoms with Gasteiger partial charge < -0.3 is 20.2 Å². The highest BCUT2D eigenvalue weighted by Crippen LogP contribution is 2.06. The fourth-order valence-corrected chi connectivity index (χ4v) is 1.43. The van der Waals surface area contributed by atoms with Crippen molar-refractivity contribution in [2.24, 2.45) is 5.73 Å². The van der Waals surface area contributed by atoms with Crippen LogP contribution in [0.5, 0.6) is 0 Å². The fourth-order valence-electron chi connectivity index (χ4n) is 1.43. The number of hydrogen-bond donors (Lipinski definition) is 2. The molecule has 0 unspecified atom stereocenters. The van der Waals surface area contributed by atoms with Crippen LogP contribution in [0, 0.1) is 0 Å². The van der Waals surface area contributed by atoms with Crippen molar-refractivity contribution in [1.29, 1.82) is 0 Å². The maximum atomic E-state index is 11.7. The number of carbonyl (C=O) groups is 1. The summed E-state index contributed by atoms with van der Waals surface area (Å²) in [7, 11) is 0. The second-order valence-corrected chi connectivity index (χ2v) is 4.08. The predicted molar refractivity (Wildman–Crippen MR) is 76.5 cm³/mol. The van der Waals surface area contributed by atoms with Gasteiger partial charge in [0.15, 0.2) is 0 Å². The zero-order valence-electron chi connectivity index (χ0n) is 11.3. The molecule has 1 heterocycles. The predicted octanol–water partition coefficient (Wildman–Crippen LogP) is 2.10. The third kappa shape index (κ3) is 7.20. The number of halogens is 1. The molecule has 110 valence electrons. The number of nitrogens with two attached hydrogens (primary N) is 1. The molecule has 0 aliphatic carbocycles. The molecule has 0 radical (unpaired) electrons. The number of carbonyl (C=O) groups excluding carboxylic acids is 1. The number of hydrogen-bond acceptors (Lipinski definition) is 4. The highest BCUT2D eigenvalue weighted by atomic mass is 35.5. The summed E-state index contributed by atoms with van der Waals surface area (Å²) in [6.07, 6.45) is 4.47. The van der Waals surface area contributed by atoms with Crippen LogP contribution in [-0.4, -0.2) is 25.7 Å². The first kappa shape index (κ1) is 18.0. The summed E-state index contributed by atoms with van der Waals surface area (Å²) in [6, 6.07) is 1.66. The highest BCUT2D eigenvalue weighted by Gasteiger charge is 2.08. The number of furan rings is 1. The molecule has 1 amide bonds. The SMILES string of the molecule is CCCCOCCCNC(=O)c1coc(CN)c1.Cl. The van der Waals surface area contributed by atoms with Crippen molar-refractivity contribution in [3.63, 3.8) is 0 Å². The molecular weight excluding hydrogens is 268 g/mol. The van der Waals surface area contributed by atoms with Crippen LogP contribution in [0.1, 0.15) is 42.3 Å². The van der Waals surface area contributed by atoms with E-state index in [2.05, 4.69) is 12.2 Å². The van der Waals surface area contributed by atoms with Crippen LogP contribution in [0.4, 0.5) is 0 Å². The average Bonchev–Trinajstić information content (AvgIpc) is 2.86. The Morgan fingerprint density at radius 1 is 1.42 bits per heavy atom. The summed E-state index contributed by atoms with van der Waals surface area (Å²) in [5.41, 5.74) is 5.92. The Balaban J connectivity index is 0.00000324. The number of nitrogens with one attached hydrogen (secondary N) is 1. The summed E-state index contributed by atoms with van der Waals surface area (Å²) in [6.45, 7) is 4.52. The Labute approximate surface area is 120 Å². The normalized spacial score (nSPS) is 10.0. The molecule has 0 aliphatic heterocycles. The van der Waals surface area contributed by atoms with Crippen LogP contribution in [0.3, 0.4) is 0 Å². The van der Waals surface area contributed by atoms with Crippen molar-refractivity contribution >= 4 is 18.3 Å². The van der Waals surface area contributed by atoms with Crippen molar-refractivity contribution in [2.45, 2.75) is 32.7 Å². The fraction of sp³-hybridized carbons (Fsp3) is 0.615. The van der Waals surface area contributed by atoms with Crippen LogP contribution in [0.2, 0.25) is 0 Å². The lowest BCUT2D eigenvalue weighted by atomic mass is 10.3. The first-order valence-corrected chi connectivity index (χ1v) is 6.41. The Bertz CT molecular complexity index is 355. The summed E-state index contributed by atoms with van der Waals surface area (Å²) < 4.78 is 10.5. The van der Waals surface area contributed by atoms with Gasteiger partial charge in [0.05, 0.1) is 12.1 Å². The van der Waals surface area contributed by atoms with E-state index in [-0.39, 0.29) is 18.3 Å². The summed E-state index contributed by atoms with van der Waals surface area (Å²) >= 11 is 0. The molecule has 0 bridgehead atoms. The van der Waals surface area contributed by atoms with Gasteiger partial charge >= 0.3 is 0 Å². The zero-order valence-corrected chi connectivity index (χ0v) is 12.1. The van der Waals surface area contributed by atoms with E-state index in [4.69, 9.17) is 14.9 Å². The van der Waals surface area contributed by atoms with Crippen LogP contribution in [-0.2, 0) is 11.3 Å². The Morgan fingerprint density at radius 2 is 2.16 bits per heavy atom. The third-order valence-corrected chi connectivity index (χ3v) is 2.51. The van der Waals surface area contributed by atoms with Gasteiger partial charge in [0.25, 0.3) is 5.91 Å². The second kappa shape index (κ2) is 10.8. The number of ether oxygens (including phenoxy) is 1. The molecule has 1 aromatic rings. The maximum absolute atomic E-state index is 11.7. The molecule has 1 aromatic heterocycles. The van der Waals surface area contributed by atoms with E-state index >= 15 is 0 Å². The molecule has 0 spiro atoms. The largest absolute Gasteiger partial charge is 0.467 e. The molecule has 0 aromatic carbocycles. The minimum atomic E-state index is -0.132. The smallest absolute Gasteiger partial charge is 0.254 e. The lowest BCUT2D eigenvalue weighted by molar-refractivity contribution is 0.0940. The molecule has 0 atom stereocenters. The Morgan fingerprint density at radius 3 is 2.79 bits per heavy atom. The van der Waals surface area contributed by atoms with Gasteiger partial charge in [-0.05, 0) is 18.9 Å². The van der Waals surface area contributed by atoms with E-state index in [1.54, 1.807) is 6.07 Å². The number of unbranched alkanes of at least 4 members (excludes halogenated alkanes) is 1. The second-order valence-electron chi connectivity index (χ2n) is 4.08. The number of rotatable bonds is 9. The van der Waals surface area contributed by atoms with Gasteiger partial charge in [-0.25, -0.2) is 0 Å². The third-order valence-electron chi connectivity index (χ3n) is 2.51. The van der Waals surface area contributed by atoms with Crippen molar-refractivity contribution < 1.29 is 13.9 Å². The molecule has 0 saturated heterocycles. The number of amides is 1. The summed E-state index contributed by atoms with van der Waals surface area (Å²) in [5.74, 6) is 0.482. The topological polar surface area (TPSA) is 77.5 Å². The first-order valence-electron chi connectivity index (χ1n) is 6.41. The summed E-state index contributed by atoms with van der Waals surface area (Å²) in [4.78, 5) is 11.7. The van der Waals surface area contributed by atoms with Gasteiger partial charge in [-0.15, -0.1) is 12.4 Å². The molecule has 19 heavy (non-hydrogen) atoms. The summed E-state index contributed by atoms with van der Waals surface area (Å²) in [5, 5.41) is 2.81. The molecule has 6 heteroatoms. The van der Waals surface area contributed by atoms with E-state index in [9.17, 15) is 4.79 Å². The van der Waals surface area contributed by atoms with Crippen LogP contribution < -0.4 is 11.1 Å². The van der Waals surface area contributed by atoms with E-state index in [0.29, 0.717) is 31.0 Å². The van der Waals surface area contributed by atoms with Gasteiger partial charge in [0, 0.05) is 19.8 Å². The minimum absolute atomic E-state index is 0. The van der Waals surface area contributed by atoms with E-state index < -0.39 is 0 Å². The lowest BCUT2D eigenvalue weighted by Gasteiger charge is -2.04. The van der Waals surface area contributed by atoms with Crippen LogP contribution >= 0.6 is 12.4 Å². The molecule has 0 aliphatic rings. The average molecular weight is 291 g/mol. The zero-order chi connectivity index (χ0) is 13.2.